The molecule has 138 valence electrons. The molecular weight excluding hydrogens is 373 g/mol. The summed E-state index contributed by atoms with van der Waals surface area (Å²) in [6.07, 6.45) is 0.344. The fourth-order valence-corrected chi connectivity index (χ4v) is 3.63. The van der Waals surface area contributed by atoms with Crippen molar-refractivity contribution in [1.82, 2.24) is 4.90 Å². The number of aliphatic hydroxyl groups excluding tert-OH is 1. The zero-order valence-corrected chi connectivity index (χ0v) is 14.9. The van der Waals surface area contributed by atoms with E-state index in [1.165, 1.54) is 35.2 Å². The topological polar surface area (TPSA) is 70.8 Å². The van der Waals surface area contributed by atoms with Crippen molar-refractivity contribution >= 4 is 28.5 Å². The summed E-state index contributed by atoms with van der Waals surface area (Å²) in [7, 11) is 0. The summed E-state index contributed by atoms with van der Waals surface area (Å²) in [4.78, 5) is 27.6. The fourth-order valence-electron chi connectivity index (χ4n) is 3.46. The van der Waals surface area contributed by atoms with Gasteiger partial charge in [0.1, 0.15) is 11.4 Å². The van der Waals surface area contributed by atoms with Gasteiger partial charge in [-0.25, -0.2) is 4.39 Å². The van der Waals surface area contributed by atoms with Crippen LogP contribution in [0.4, 0.5) is 4.39 Å². The predicted molar refractivity (Wildman–Crippen MR) is 98.5 cm³/mol. The number of aliphatic hydroxyl groups is 1. The van der Waals surface area contributed by atoms with Gasteiger partial charge in [0.15, 0.2) is 5.43 Å². The lowest BCUT2D eigenvalue weighted by atomic mass is 9.98. The van der Waals surface area contributed by atoms with Gasteiger partial charge in [0.05, 0.1) is 17.0 Å². The maximum absolute atomic E-state index is 13.4. The van der Waals surface area contributed by atoms with E-state index in [-0.39, 0.29) is 40.9 Å². The Balaban J connectivity index is 1.97. The van der Waals surface area contributed by atoms with Crippen LogP contribution >= 0.6 is 11.6 Å². The molecule has 0 radical (unpaired) electrons. The molecule has 0 unspecified atom stereocenters. The molecule has 1 aromatic heterocycles. The lowest BCUT2D eigenvalue weighted by Crippen LogP contribution is -2.31. The Morgan fingerprint density at radius 2 is 1.89 bits per heavy atom. The number of fused-ring (bicyclic) bond motifs is 2. The summed E-state index contributed by atoms with van der Waals surface area (Å²) in [5.74, 6) is -0.869. The highest BCUT2D eigenvalue weighted by Gasteiger charge is 2.42. The van der Waals surface area contributed by atoms with Crippen molar-refractivity contribution in [1.29, 1.82) is 0 Å². The van der Waals surface area contributed by atoms with Gasteiger partial charge in [-0.1, -0.05) is 23.7 Å². The number of hydrogen-bond acceptors (Lipinski definition) is 4. The van der Waals surface area contributed by atoms with Gasteiger partial charge < -0.3 is 14.4 Å². The van der Waals surface area contributed by atoms with E-state index < -0.39 is 17.8 Å². The van der Waals surface area contributed by atoms with Crippen molar-refractivity contribution in [3.05, 3.63) is 80.4 Å². The average molecular weight is 388 g/mol. The summed E-state index contributed by atoms with van der Waals surface area (Å²) >= 11 is 6.01. The second kappa shape index (κ2) is 6.79. The first kappa shape index (κ1) is 17.7. The normalized spacial score (nSPS) is 16.2. The van der Waals surface area contributed by atoms with Crippen molar-refractivity contribution in [2.24, 2.45) is 0 Å². The molecule has 2 aromatic carbocycles. The lowest BCUT2D eigenvalue weighted by molar-refractivity contribution is 0.0716. The van der Waals surface area contributed by atoms with E-state index in [1.54, 1.807) is 12.1 Å². The molecule has 0 bridgehead atoms. The van der Waals surface area contributed by atoms with Gasteiger partial charge in [-0.05, 0) is 42.3 Å². The van der Waals surface area contributed by atoms with Crippen LogP contribution in [-0.4, -0.2) is 29.1 Å². The highest BCUT2D eigenvalue weighted by molar-refractivity contribution is 6.31. The smallest absolute Gasteiger partial charge is 0.290 e. The number of carbonyl (C=O) groups is 1. The van der Waals surface area contributed by atoms with E-state index in [0.717, 1.165) is 0 Å². The number of amides is 1. The maximum atomic E-state index is 13.4. The van der Waals surface area contributed by atoms with Crippen LogP contribution in [0, 0.1) is 5.82 Å². The number of carbonyl (C=O) groups excluding carboxylic acids is 1. The Bertz CT molecular complexity index is 1090. The fraction of sp³-hybridized carbons (Fsp3) is 0.200. The molecule has 5 nitrogen and oxygen atoms in total. The Labute approximate surface area is 158 Å². The van der Waals surface area contributed by atoms with E-state index >= 15 is 0 Å². The molecule has 0 aliphatic carbocycles. The number of hydrogen-bond donors (Lipinski definition) is 1. The van der Waals surface area contributed by atoms with E-state index in [0.29, 0.717) is 17.0 Å². The minimum Gasteiger partial charge on any atom is -0.450 e. The second-order valence-electron chi connectivity index (χ2n) is 6.34. The van der Waals surface area contributed by atoms with Crippen LogP contribution in [-0.2, 0) is 0 Å². The molecule has 0 saturated heterocycles. The van der Waals surface area contributed by atoms with Gasteiger partial charge in [0, 0.05) is 18.2 Å². The third-order valence-electron chi connectivity index (χ3n) is 4.67. The summed E-state index contributed by atoms with van der Waals surface area (Å²) < 4.78 is 19.1. The van der Waals surface area contributed by atoms with E-state index in [9.17, 15) is 19.1 Å². The molecule has 3 aromatic rings. The molecule has 1 amide bonds. The molecule has 1 atom stereocenters. The Morgan fingerprint density at radius 1 is 1.15 bits per heavy atom. The first-order valence-corrected chi connectivity index (χ1v) is 8.82. The molecule has 0 fully saturated rings. The van der Waals surface area contributed by atoms with E-state index in [2.05, 4.69) is 0 Å². The Hall–Kier alpha value is -2.70. The van der Waals surface area contributed by atoms with Crippen molar-refractivity contribution in [3.63, 3.8) is 0 Å². The molecule has 1 aliphatic heterocycles. The average Bonchev–Trinajstić information content (AvgIpc) is 2.94. The summed E-state index contributed by atoms with van der Waals surface area (Å²) in [5, 5.41) is 9.84. The summed E-state index contributed by atoms with van der Waals surface area (Å²) in [6, 6.07) is 9.56. The molecule has 27 heavy (non-hydrogen) atoms. The standard InChI is InChI=1S/C20H15ClFNO4/c21-12-4-7-15-14(10-12)18(25)16-17(11-2-5-13(22)6-3-11)23(8-1-9-24)20(26)19(16)27-15/h2-7,10,17,24H,1,8-9H2/t17-/m1/s1. The monoisotopic (exact) mass is 387 g/mol. The molecule has 1 N–H and O–H groups in total. The van der Waals surface area contributed by atoms with Crippen molar-refractivity contribution < 1.29 is 18.7 Å². The molecule has 7 heteroatoms. The zero-order chi connectivity index (χ0) is 19.1. The zero-order valence-electron chi connectivity index (χ0n) is 14.1. The Kier molecular flexibility index (Phi) is 4.45. The molecule has 0 saturated carbocycles. The maximum Gasteiger partial charge on any atom is 0.290 e. The molecule has 1 aliphatic rings. The van der Waals surface area contributed by atoms with Crippen LogP contribution in [0.3, 0.4) is 0 Å². The highest BCUT2D eigenvalue weighted by Crippen LogP contribution is 2.38. The van der Waals surface area contributed by atoms with E-state index in [1.807, 2.05) is 0 Å². The quantitative estimate of drug-likeness (QED) is 0.743. The number of benzene rings is 2. The molecule has 2 heterocycles. The van der Waals surface area contributed by atoms with Gasteiger partial charge in [-0.3, -0.25) is 9.59 Å². The summed E-state index contributed by atoms with van der Waals surface area (Å²) in [5.41, 5.74) is 0.732. The van der Waals surface area contributed by atoms with E-state index in [4.69, 9.17) is 16.0 Å². The van der Waals surface area contributed by atoms with Gasteiger partial charge in [-0.15, -0.1) is 0 Å². The number of nitrogens with zero attached hydrogens (tertiary/aromatic N) is 1. The third kappa shape index (κ3) is 2.91. The third-order valence-corrected chi connectivity index (χ3v) is 4.91. The van der Waals surface area contributed by atoms with Crippen LogP contribution in [0.2, 0.25) is 5.02 Å². The first-order valence-electron chi connectivity index (χ1n) is 8.45. The number of rotatable bonds is 4. The lowest BCUT2D eigenvalue weighted by Gasteiger charge is -2.24. The predicted octanol–water partition coefficient (Wildman–Crippen LogP) is 3.51. The SMILES string of the molecule is O=C1c2oc3ccc(Cl)cc3c(=O)c2[C@@H](c2ccc(F)cc2)N1CCCO. The minimum absolute atomic E-state index is 0.0258. The van der Waals surface area contributed by atoms with Gasteiger partial charge in [0.2, 0.25) is 5.76 Å². The largest absolute Gasteiger partial charge is 0.450 e. The first-order chi connectivity index (χ1) is 13.0. The van der Waals surface area contributed by atoms with Gasteiger partial charge in [0.25, 0.3) is 5.91 Å². The second-order valence-corrected chi connectivity index (χ2v) is 6.78. The highest BCUT2D eigenvalue weighted by atomic mass is 35.5. The van der Waals surface area contributed by atoms with Gasteiger partial charge in [-0.2, -0.15) is 0 Å². The van der Waals surface area contributed by atoms with Crippen LogP contribution in [0.25, 0.3) is 11.0 Å². The van der Waals surface area contributed by atoms with Crippen LogP contribution in [0.15, 0.2) is 51.7 Å². The molecular formula is C20H15ClFNO4. The Morgan fingerprint density at radius 3 is 2.59 bits per heavy atom. The van der Waals surface area contributed by atoms with Crippen molar-refractivity contribution in [3.8, 4) is 0 Å². The van der Waals surface area contributed by atoms with Crippen LogP contribution in [0.1, 0.15) is 34.1 Å². The minimum atomic E-state index is -0.709. The van der Waals surface area contributed by atoms with Crippen LogP contribution in [0.5, 0.6) is 0 Å². The summed E-state index contributed by atoms with van der Waals surface area (Å²) in [6.45, 7) is 0.132. The van der Waals surface area contributed by atoms with Gasteiger partial charge >= 0.3 is 0 Å². The number of halogens is 2. The van der Waals surface area contributed by atoms with Crippen LogP contribution < -0.4 is 5.43 Å². The molecule has 0 spiro atoms. The van der Waals surface area contributed by atoms with Crippen molar-refractivity contribution in [2.45, 2.75) is 12.5 Å². The molecule has 4 rings (SSSR count). The van der Waals surface area contributed by atoms with Crippen molar-refractivity contribution in [2.75, 3.05) is 13.2 Å².